The van der Waals surface area contributed by atoms with E-state index in [1.807, 2.05) is 0 Å². The standard InChI is InChI=1S/C21H38.C20H36.C19H34.2C18H32.10H2/c1-3-5-7-9-19-12-16-21(17-13-19)20-14-10-18(11-15-20)8-6-4-2;1-3-5-6-8-18-11-15-20(16-12-18)19-13-9-17(7-4-2)10-14-19;1-3-5-6-7-17-10-14-19(15-11-17)18-12-8-16(4-2)9-13-18;2*1-3-4-5-6-16-9-13-18(14-10-16)17-11-7-15(2)8-12-17;;;;;;;;;;/h3,5,18-21H,4,6-17H2,1-2H3;3,5,17-20H,4,6-16H2,1-2H3;3,5,16-19H,4,6-15H2,1-2H3;2*3-4,15-18H,5-14H2,1-2H3;10*1H/b3*5-3+;2*4-3+;;;;;;;;;;. The summed E-state index contributed by atoms with van der Waals surface area (Å²) in [6.45, 7) is 22.6. The molecule has 96 heavy (non-hydrogen) atoms. The zero-order valence-corrected chi connectivity index (χ0v) is 66.9. The van der Waals surface area contributed by atoms with E-state index in [1.165, 1.54) is 231 Å². The van der Waals surface area contributed by atoms with Gasteiger partial charge in [0.05, 0.1) is 0 Å². The van der Waals surface area contributed by atoms with Crippen molar-refractivity contribution < 1.29 is 14.3 Å². The molecule has 10 aliphatic carbocycles. The van der Waals surface area contributed by atoms with Crippen molar-refractivity contribution >= 4 is 0 Å². The van der Waals surface area contributed by atoms with E-state index in [1.54, 1.807) is 128 Å². The molecule has 10 saturated carbocycles. The Kier molecular flexibility index (Phi) is 45.1. The average Bonchev–Trinajstić information content (AvgIpc) is 0.896. The lowest BCUT2D eigenvalue weighted by molar-refractivity contribution is 0.141. The number of hydrogen-bond acceptors (Lipinski definition) is 0. The van der Waals surface area contributed by atoms with E-state index in [-0.39, 0.29) is 14.3 Å². The van der Waals surface area contributed by atoms with Crippen LogP contribution in [0.3, 0.4) is 0 Å². The van der Waals surface area contributed by atoms with Crippen molar-refractivity contribution in [3.63, 3.8) is 0 Å². The third-order valence-electron chi connectivity index (χ3n) is 29.7. The summed E-state index contributed by atoms with van der Waals surface area (Å²) in [6.07, 6.45) is 107. The monoisotopic (exact) mass is 1350 g/mol. The molecule has 0 amide bonds. The molecular weight excluding hydrogens is 1150 g/mol. The first-order valence-corrected chi connectivity index (χ1v) is 45.1. The summed E-state index contributed by atoms with van der Waals surface area (Å²) in [5.74, 6) is 21.4. The molecule has 10 aliphatic rings. The van der Waals surface area contributed by atoms with Crippen LogP contribution in [0.15, 0.2) is 60.8 Å². The van der Waals surface area contributed by atoms with Gasteiger partial charge in [0.15, 0.2) is 0 Å². The Morgan fingerprint density at radius 1 is 0.208 bits per heavy atom. The highest BCUT2D eigenvalue weighted by atomic mass is 14.4. The third-order valence-corrected chi connectivity index (χ3v) is 29.7. The maximum Gasteiger partial charge on any atom is 0 e. The molecule has 0 nitrogen and oxygen atoms in total. The Morgan fingerprint density at radius 2 is 0.385 bits per heavy atom. The fourth-order valence-electron chi connectivity index (χ4n) is 22.6. The molecule has 0 atom stereocenters. The van der Waals surface area contributed by atoms with Crippen molar-refractivity contribution in [1.82, 2.24) is 0 Å². The highest BCUT2D eigenvalue weighted by Crippen LogP contribution is 2.48. The molecule has 0 bridgehead atoms. The lowest BCUT2D eigenvalue weighted by atomic mass is 9.68. The van der Waals surface area contributed by atoms with Crippen LogP contribution >= 0.6 is 0 Å². The van der Waals surface area contributed by atoms with Crippen molar-refractivity contribution in [2.24, 2.45) is 118 Å². The minimum Gasteiger partial charge on any atom is -0.0917 e. The van der Waals surface area contributed by atoms with E-state index in [0.717, 1.165) is 118 Å². The minimum atomic E-state index is 0. The van der Waals surface area contributed by atoms with E-state index >= 15 is 0 Å². The summed E-state index contributed by atoms with van der Waals surface area (Å²) in [5.41, 5.74) is 0. The van der Waals surface area contributed by atoms with Crippen LogP contribution < -0.4 is 0 Å². The maximum atomic E-state index is 2.44. The van der Waals surface area contributed by atoms with Crippen molar-refractivity contribution in [2.45, 2.75) is 429 Å². The quantitative estimate of drug-likeness (QED) is 0.0757. The normalized spacial score (nSPS) is 36.5. The fraction of sp³-hybridized carbons (Fsp3) is 0.896. The third kappa shape index (κ3) is 33.4. The predicted molar refractivity (Wildman–Crippen MR) is 452 cm³/mol. The Hall–Kier alpha value is -1.30. The van der Waals surface area contributed by atoms with E-state index in [4.69, 9.17) is 0 Å². The number of hydrogen-bond donors (Lipinski definition) is 0. The van der Waals surface area contributed by atoms with Gasteiger partial charge in [-0.1, -0.05) is 262 Å². The number of rotatable bonds is 26. The van der Waals surface area contributed by atoms with Crippen molar-refractivity contribution in [2.75, 3.05) is 0 Å². The van der Waals surface area contributed by atoms with Crippen LogP contribution in [0.5, 0.6) is 0 Å². The van der Waals surface area contributed by atoms with Gasteiger partial charge in [0, 0.05) is 14.3 Å². The fourth-order valence-corrected chi connectivity index (χ4v) is 22.6. The number of unbranched alkanes of at least 4 members (excludes halogenated alkanes) is 1. The van der Waals surface area contributed by atoms with Gasteiger partial charge >= 0.3 is 0 Å². The molecular formula is C96H192. The molecule has 0 aromatic heterocycles. The van der Waals surface area contributed by atoms with Crippen molar-refractivity contribution in [1.29, 1.82) is 0 Å². The van der Waals surface area contributed by atoms with Crippen LogP contribution in [-0.4, -0.2) is 0 Å². The van der Waals surface area contributed by atoms with Gasteiger partial charge in [-0.2, -0.15) is 0 Å². The first-order valence-electron chi connectivity index (χ1n) is 45.1. The summed E-state index contributed by atoms with van der Waals surface area (Å²) >= 11 is 0. The summed E-state index contributed by atoms with van der Waals surface area (Å²) in [6, 6.07) is 0. The number of allylic oxidation sites excluding steroid dienone is 10. The molecule has 0 saturated heterocycles. The lowest BCUT2D eigenvalue weighted by Crippen LogP contribution is -2.25. The molecule has 10 rings (SSSR count). The second-order valence-corrected chi connectivity index (χ2v) is 36.4. The maximum absolute atomic E-state index is 2.44. The van der Waals surface area contributed by atoms with Gasteiger partial charge in [0.1, 0.15) is 0 Å². The van der Waals surface area contributed by atoms with E-state index in [9.17, 15) is 0 Å². The summed E-state index contributed by atoms with van der Waals surface area (Å²) < 4.78 is 0. The second-order valence-electron chi connectivity index (χ2n) is 36.4. The Balaban J connectivity index is -0.000000392. The first kappa shape index (κ1) is 83.6. The van der Waals surface area contributed by atoms with Gasteiger partial charge < -0.3 is 0 Å². The Bertz CT molecular complexity index is 1910. The molecule has 0 aliphatic heterocycles. The van der Waals surface area contributed by atoms with Crippen molar-refractivity contribution in [3.8, 4) is 0 Å². The Morgan fingerprint density at radius 3 is 0.562 bits per heavy atom. The largest absolute Gasteiger partial charge is 0.0917 e. The predicted octanol–water partition coefficient (Wildman–Crippen LogP) is 34.7. The highest BCUT2D eigenvalue weighted by Gasteiger charge is 2.35. The SMILES string of the molecule is C/C=C/CCC1CCC(C2CCC(C)CC2)CC1.C/C=C/CCC1CCC(C2CCC(C)CC2)CC1.C/C=C/CCC1CCC(C2CCC(CC)CC2)CC1.C/C=C/CCC1CCC(C2CCC(CCC)CC2)CC1.C/C=C/CCC1CCC(C2CCC(CCCC)CC2)CC1.[HH].[HH].[HH].[HH].[HH].[HH].[HH].[HH].[HH].[HH]. The van der Waals surface area contributed by atoms with Crippen LogP contribution in [0.1, 0.15) is 443 Å². The van der Waals surface area contributed by atoms with E-state index in [0.29, 0.717) is 0 Å². The van der Waals surface area contributed by atoms with Crippen LogP contribution in [-0.2, 0) is 0 Å². The van der Waals surface area contributed by atoms with Crippen LogP contribution in [0.2, 0.25) is 0 Å². The molecule has 0 heterocycles. The van der Waals surface area contributed by atoms with Gasteiger partial charge in [0.25, 0.3) is 0 Å². The second kappa shape index (κ2) is 51.8. The van der Waals surface area contributed by atoms with E-state index in [2.05, 4.69) is 130 Å². The van der Waals surface area contributed by atoms with Gasteiger partial charge in [0.2, 0.25) is 0 Å². The molecule has 0 spiro atoms. The molecule has 0 heteroatoms. The van der Waals surface area contributed by atoms with Gasteiger partial charge in [-0.25, -0.2) is 0 Å². The minimum absolute atomic E-state index is 0. The molecule has 10 fully saturated rings. The van der Waals surface area contributed by atoms with Crippen molar-refractivity contribution in [3.05, 3.63) is 60.8 Å². The molecule has 0 aromatic carbocycles. The Labute approximate surface area is 619 Å². The summed E-state index contributed by atoms with van der Waals surface area (Å²) in [5, 5.41) is 0. The molecule has 0 radical (unpaired) electrons. The lowest BCUT2D eigenvalue weighted by Gasteiger charge is -2.38. The topological polar surface area (TPSA) is 0 Å². The van der Waals surface area contributed by atoms with Gasteiger partial charge in [-0.05, 0) is 346 Å². The first-order chi connectivity index (χ1) is 47.1. The molecule has 576 valence electrons. The molecule has 0 N–H and O–H groups in total. The molecule has 0 aromatic rings. The van der Waals surface area contributed by atoms with Crippen LogP contribution in [0.4, 0.5) is 0 Å². The smallest absolute Gasteiger partial charge is 0 e. The van der Waals surface area contributed by atoms with Gasteiger partial charge in [-0.3, -0.25) is 0 Å². The zero-order chi connectivity index (χ0) is 68.2. The summed E-state index contributed by atoms with van der Waals surface area (Å²) in [4.78, 5) is 0. The van der Waals surface area contributed by atoms with Crippen LogP contribution in [0, 0.1) is 118 Å². The average molecular weight is 1350 g/mol. The zero-order valence-electron chi connectivity index (χ0n) is 66.9. The van der Waals surface area contributed by atoms with Crippen LogP contribution in [0.25, 0.3) is 0 Å². The highest BCUT2D eigenvalue weighted by molar-refractivity contribution is 4.90. The molecule has 0 unspecified atom stereocenters. The summed E-state index contributed by atoms with van der Waals surface area (Å²) in [7, 11) is 0. The van der Waals surface area contributed by atoms with Gasteiger partial charge in [-0.15, -0.1) is 0 Å². The van der Waals surface area contributed by atoms with E-state index < -0.39 is 0 Å².